The van der Waals surface area contributed by atoms with Crippen molar-refractivity contribution < 1.29 is 4.79 Å². The molecule has 1 amide bonds. The van der Waals surface area contributed by atoms with Gasteiger partial charge in [0.15, 0.2) is 0 Å². The highest BCUT2D eigenvalue weighted by molar-refractivity contribution is 6.03. The van der Waals surface area contributed by atoms with Gasteiger partial charge in [-0.1, -0.05) is 19.1 Å². The number of hydrogen-bond acceptors (Lipinski definition) is 5. The molecule has 2 aromatic carbocycles. The molecule has 1 heterocycles. The molecule has 6 heteroatoms. The third-order valence-corrected chi connectivity index (χ3v) is 4.15. The number of rotatable bonds is 6. The van der Waals surface area contributed by atoms with Crippen LogP contribution < -0.4 is 15.5 Å². The molecule has 3 aromatic rings. The lowest BCUT2D eigenvalue weighted by Crippen LogP contribution is -2.14. The van der Waals surface area contributed by atoms with Crippen molar-refractivity contribution >= 4 is 28.9 Å². The molecule has 6 nitrogen and oxygen atoms in total. The predicted octanol–water partition coefficient (Wildman–Crippen LogP) is 4.10. The summed E-state index contributed by atoms with van der Waals surface area (Å²) in [7, 11) is 3.98. The maximum absolute atomic E-state index is 12.5. The van der Waals surface area contributed by atoms with E-state index in [4.69, 9.17) is 0 Å². The number of nitrogens with one attached hydrogen (secondary N) is 2. The zero-order valence-corrected chi connectivity index (χ0v) is 15.7. The average molecular weight is 361 g/mol. The highest BCUT2D eigenvalue weighted by atomic mass is 16.1. The quantitative estimate of drug-likeness (QED) is 0.692. The number of hydrogen-bond donors (Lipinski definition) is 2. The number of carbonyl (C=O) groups excluding carboxylic acids is 1. The molecule has 0 saturated heterocycles. The van der Waals surface area contributed by atoms with E-state index in [2.05, 4.69) is 27.5 Å². The Morgan fingerprint density at radius 3 is 2.26 bits per heavy atom. The topological polar surface area (TPSA) is 70.2 Å². The Hall–Kier alpha value is -3.41. The molecule has 0 atom stereocenters. The van der Waals surface area contributed by atoms with Crippen molar-refractivity contribution in [2.24, 2.45) is 0 Å². The molecule has 0 unspecified atom stereocenters. The van der Waals surface area contributed by atoms with Gasteiger partial charge in [0.25, 0.3) is 5.91 Å². The van der Waals surface area contributed by atoms with Crippen molar-refractivity contribution in [1.82, 2.24) is 9.97 Å². The largest absolute Gasteiger partial charge is 0.378 e. The Bertz CT molecular complexity index is 905. The Balaban J connectivity index is 1.69. The highest BCUT2D eigenvalue weighted by Crippen LogP contribution is 2.18. The Kier molecular flexibility index (Phi) is 5.66. The first-order chi connectivity index (χ1) is 13.0. The molecule has 27 heavy (non-hydrogen) atoms. The maximum Gasteiger partial charge on any atom is 0.274 e. The van der Waals surface area contributed by atoms with E-state index in [1.807, 2.05) is 67.5 Å². The molecule has 0 saturated carbocycles. The van der Waals surface area contributed by atoms with Gasteiger partial charge in [0.05, 0.1) is 0 Å². The summed E-state index contributed by atoms with van der Waals surface area (Å²) in [5, 5.41) is 5.98. The summed E-state index contributed by atoms with van der Waals surface area (Å²) < 4.78 is 0. The molecule has 0 bridgehead atoms. The standard InChI is InChI=1S/C21H23N5O/c1-4-15-5-7-16(8-6-15)23-20(27)19-13-14-22-21(25-19)24-17-9-11-18(12-10-17)26(2)3/h5-14H,4H2,1-3H3,(H,23,27)(H,22,24,25). The summed E-state index contributed by atoms with van der Waals surface area (Å²) in [6.45, 7) is 2.09. The van der Waals surface area contributed by atoms with E-state index in [1.165, 1.54) is 5.56 Å². The molecule has 138 valence electrons. The van der Waals surface area contributed by atoms with Crippen molar-refractivity contribution in [3.63, 3.8) is 0 Å². The zero-order valence-electron chi connectivity index (χ0n) is 15.7. The number of aryl methyl sites for hydroxylation is 1. The van der Waals surface area contributed by atoms with Gasteiger partial charge in [-0.15, -0.1) is 0 Å². The molecule has 0 aliphatic rings. The van der Waals surface area contributed by atoms with Crippen molar-refractivity contribution in [2.75, 3.05) is 29.6 Å². The van der Waals surface area contributed by atoms with Crippen LogP contribution in [-0.4, -0.2) is 30.0 Å². The number of carbonyl (C=O) groups is 1. The van der Waals surface area contributed by atoms with Crippen LogP contribution in [0.1, 0.15) is 23.0 Å². The number of anilines is 4. The van der Waals surface area contributed by atoms with Crippen molar-refractivity contribution in [3.8, 4) is 0 Å². The van der Waals surface area contributed by atoms with Crippen molar-refractivity contribution in [3.05, 3.63) is 72.1 Å². The third kappa shape index (κ3) is 4.82. The van der Waals surface area contributed by atoms with Gasteiger partial charge in [-0.25, -0.2) is 9.97 Å². The highest BCUT2D eigenvalue weighted by Gasteiger charge is 2.09. The van der Waals surface area contributed by atoms with Gasteiger partial charge in [-0.3, -0.25) is 4.79 Å². The van der Waals surface area contributed by atoms with E-state index < -0.39 is 0 Å². The lowest BCUT2D eigenvalue weighted by molar-refractivity contribution is 0.102. The lowest BCUT2D eigenvalue weighted by atomic mass is 10.1. The fourth-order valence-electron chi connectivity index (χ4n) is 2.54. The van der Waals surface area contributed by atoms with Crippen molar-refractivity contribution in [1.29, 1.82) is 0 Å². The van der Waals surface area contributed by atoms with Crippen LogP contribution in [0.3, 0.4) is 0 Å². The minimum Gasteiger partial charge on any atom is -0.378 e. The molecule has 1 aromatic heterocycles. The van der Waals surface area contributed by atoms with Crippen LogP contribution in [0.25, 0.3) is 0 Å². The smallest absolute Gasteiger partial charge is 0.274 e. The van der Waals surface area contributed by atoms with E-state index in [-0.39, 0.29) is 5.91 Å². The molecule has 0 spiro atoms. The van der Waals surface area contributed by atoms with Crippen LogP contribution in [0.2, 0.25) is 0 Å². The third-order valence-electron chi connectivity index (χ3n) is 4.15. The molecule has 0 aliphatic heterocycles. The van der Waals surface area contributed by atoms with Crippen LogP contribution >= 0.6 is 0 Å². The summed E-state index contributed by atoms with van der Waals surface area (Å²) in [5.41, 5.74) is 4.22. The monoisotopic (exact) mass is 361 g/mol. The minimum absolute atomic E-state index is 0.271. The molecular weight excluding hydrogens is 338 g/mol. The van der Waals surface area contributed by atoms with E-state index in [1.54, 1.807) is 12.3 Å². The van der Waals surface area contributed by atoms with Gasteiger partial charge in [0, 0.05) is 37.4 Å². The summed E-state index contributed by atoms with van der Waals surface area (Å²) in [6.07, 6.45) is 2.53. The van der Waals surface area contributed by atoms with E-state index >= 15 is 0 Å². The summed E-state index contributed by atoms with van der Waals surface area (Å²) >= 11 is 0. The molecule has 0 radical (unpaired) electrons. The number of benzene rings is 2. The van der Waals surface area contributed by atoms with Gasteiger partial charge in [-0.05, 0) is 54.4 Å². The Morgan fingerprint density at radius 1 is 0.963 bits per heavy atom. The second-order valence-electron chi connectivity index (χ2n) is 6.34. The molecular formula is C21H23N5O. The van der Waals surface area contributed by atoms with Crippen LogP contribution in [0, 0.1) is 0 Å². The van der Waals surface area contributed by atoms with Gasteiger partial charge in [-0.2, -0.15) is 0 Å². The first-order valence-electron chi connectivity index (χ1n) is 8.83. The van der Waals surface area contributed by atoms with Crippen LogP contribution in [-0.2, 0) is 6.42 Å². The van der Waals surface area contributed by atoms with Gasteiger partial charge in [0.1, 0.15) is 5.69 Å². The van der Waals surface area contributed by atoms with Crippen LogP contribution in [0.4, 0.5) is 23.0 Å². The van der Waals surface area contributed by atoms with E-state index in [9.17, 15) is 4.79 Å². The molecule has 0 fully saturated rings. The fourth-order valence-corrected chi connectivity index (χ4v) is 2.54. The number of aromatic nitrogens is 2. The van der Waals surface area contributed by atoms with Crippen LogP contribution in [0.5, 0.6) is 0 Å². The Morgan fingerprint density at radius 2 is 1.63 bits per heavy atom. The first-order valence-corrected chi connectivity index (χ1v) is 8.83. The normalized spacial score (nSPS) is 10.3. The fraction of sp³-hybridized carbons (Fsp3) is 0.190. The predicted molar refractivity (Wildman–Crippen MR) is 110 cm³/mol. The van der Waals surface area contributed by atoms with Crippen molar-refractivity contribution in [2.45, 2.75) is 13.3 Å². The molecule has 3 rings (SSSR count). The van der Waals surface area contributed by atoms with Crippen LogP contribution in [0.15, 0.2) is 60.8 Å². The minimum atomic E-state index is -0.271. The average Bonchev–Trinajstić information content (AvgIpc) is 2.69. The first kappa shape index (κ1) is 18.4. The van der Waals surface area contributed by atoms with Gasteiger partial charge >= 0.3 is 0 Å². The van der Waals surface area contributed by atoms with Gasteiger partial charge in [0.2, 0.25) is 5.95 Å². The number of amides is 1. The SMILES string of the molecule is CCc1ccc(NC(=O)c2ccnc(Nc3ccc(N(C)C)cc3)n2)cc1. The van der Waals surface area contributed by atoms with E-state index in [0.717, 1.165) is 23.5 Å². The van der Waals surface area contributed by atoms with E-state index in [0.29, 0.717) is 11.6 Å². The number of nitrogens with zero attached hydrogens (tertiary/aromatic N) is 3. The molecule has 0 aliphatic carbocycles. The second-order valence-corrected chi connectivity index (χ2v) is 6.34. The lowest BCUT2D eigenvalue weighted by Gasteiger charge is -2.13. The molecule has 2 N–H and O–H groups in total. The summed E-state index contributed by atoms with van der Waals surface area (Å²) in [6, 6.07) is 17.3. The second kappa shape index (κ2) is 8.31. The maximum atomic E-state index is 12.5. The Labute approximate surface area is 159 Å². The summed E-state index contributed by atoms with van der Waals surface area (Å²) in [5.74, 6) is 0.106. The summed E-state index contributed by atoms with van der Waals surface area (Å²) in [4.78, 5) is 23.0. The van der Waals surface area contributed by atoms with Gasteiger partial charge < -0.3 is 15.5 Å². The zero-order chi connectivity index (χ0) is 19.2.